The largest absolute Gasteiger partial charge is 0.478 e. The molecule has 0 aliphatic heterocycles. The van der Waals surface area contributed by atoms with E-state index in [1.54, 1.807) is 19.9 Å². The lowest BCUT2D eigenvalue weighted by molar-refractivity contribution is 0.0696. The molecule has 0 fully saturated rings. The summed E-state index contributed by atoms with van der Waals surface area (Å²) in [4.78, 5) is 27.4. The summed E-state index contributed by atoms with van der Waals surface area (Å²) in [5.74, 6) is -1.31. The van der Waals surface area contributed by atoms with Gasteiger partial charge in [-0.25, -0.2) is 9.78 Å². The number of aryl methyl sites for hydroxylation is 2. The van der Waals surface area contributed by atoms with Gasteiger partial charge in [0.2, 0.25) is 0 Å². The molecule has 7 heteroatoms. The molecule has 0 atom stereocenters. The number of hydrogen-bond donors (Lipinski definition) is 3. The minimum atomic E-state index is -1.00. The summed E-state index contributed by atoms with van der Waals surface area (Å²) >= 11 is 1.12. The summed E-state index contributed by atoms with van der Waals surface area (Å²) in [5, 5.41) is 12.0. The van der Waals surface area contributed by atoms with Crippen LogP contribution in [0.5, 0.6) is 0 Å². The smallest absolute Gasteiger partial charge is 0.335 e. The Labute approximate surface area is 119 Å². The average molecular weight is 291 g/mol. The van der Waals surface area contributed by atoms with Crippen molar-refractivity contribution in [3.63, 3.8) is 0 Å². The van der Waals surface area contributed by atoms with E-state index in [1.807, 2.05) is 0 Å². The summed E-state index contributed by atoms with van der Waals surface area (Å²) in [6.07, 6.45) is 0. The monoisotopic (exact) mass is 291 g/mol. The SMILES string of the molecule is Cc1cc(C(=O)O)ccc1NC(=O)c1sc(N)nc1C. The molecule has 1 aromatic heterocycles. The normalized spacial score (nSPS) is 10.3. The van der Waals surface area contributed by atoms with Crippen LogP contribution < -0.4 is 11.1 Å². The Balaban J connectivity index is 2.24. The van der Waals surface area contributed by atoms with Gasteiger partial charge < -0.3 is 16.2 Å². The fraction of sp³-hybridized carbons (Fsp3) is 0.154. The highest BCUT2D eigenvalue weighted by Gasteiger charge is 2.15. The number of amides is 1. The first-order valence-corrected chi connectivity index (χ1v) is 6.58. The molecule has 0 bridgehead atoms. The van der Waals surface area contributed by atoms with Crippen molar-refractivity contribution in [2.75, 3.05) is 11.1 Å². The van der Waals surface area contributed by atoms with Crippen molar-refractivity contribution in [1.29, 1.82) is 0 Å². The number of nitrogens with zero attached hydrogens (tertiary/aromatic N) is 1. The summed E-state index contributed by atoms with van der Waals surface area (Å²) in [7, 11) is 0. The number of nitrogens with two attached hydrogens (primary N) is 1. The van der Waals surface area contributed by atoms with Gasteiger partial charge in [0.15, 0.2) is 5.13 Å². The standard InChI is InChI=1S/C13H13N3O3S/c1-6-5-8(12(18)19)3-4-9(6)16-11(17)10-7(2)15-13(14)20-10/h3-5H,1-2H3,(H2,14,15)(H,16,17)(H,18,19). The first-order chi connectivity index (χ1) is 9.38. The molecule has 0 saturated carbocycles. The Hall–Kier alpha value is -2.41. The zero-order valence-corrected chi connectivity index (χ0v) is 11.7. The minimum absolute atomic E-state index is 0.179. The van der Waals surface area contributed by atoms with Crippen LogP contribution in [0.2, 0.25) is 0 Å². The van der Waals surface area contributed by atoms with Crippen LogP contribution in [-0.4, -0.2) is 22.0 Å². The van der Waals surface area contributed by atoms with E-state index in [1.165, 1.54) is 12.1 Å². The van der Waals surface area contributed by atoms with Crippen molar-refractivity contribution in [3.05, 3.63) is 39.9 Å². The van der Waals surface area contributed by atoms with E-state index in [9.17, 15) is 9.59 Å². The number of rotatable bonds is 3. The second-order valence-corrected chi connectivity index (χ2v) is 5.29. The molecule has 2 aromatic rings. The number of benzene rings is 1. The number of carboxylic acids is 1. The Morgan fingerprint density at radius 1 is 1.35 bits per heavy atom. The zero-order chi connectivity index (χ0) is 14.9. The Morgan fingerprint density at radius 3 is 2.55 bits per heavy atom. The molecular formula is C13H13N3O3S. The summed E-state index contributed by atoms with van der Waals surface area (Å²) in [6, 6.07) is 4.51. The third kappa shape index (κ3) is 2.77. The highest BCUT2D eigenvalue weighted by molar-refractivity contribution is 7.17. The van der Waals surface area contributed by atoms with Crippen LogP contribution in [0, 0.1) is 13.8 Å². The number of nitrogens with one attached hydrogen (secondary N) is 1. The first kappa shape index (κ1) is 14.0. The highest BCUT2D eigenvalue weighted by atomic mass is 32.1. The summed E-state index contributed by atoms with van der Waals surface area (Å²) < 4.78 is 0. The molecular weight excluding hydrogens is 278 g/mol. The molecule has 104 valence electrons. The second kappa shape index (κ2) is 5.30. The van der Waals surface area contributed by atoms with Crippen LogP contribution in [0.3, 0.4) is 0 Å². The third-order valence-electron chi connectivity index (χ3n) is 2.74. The van der Waals surface area contributed by atoms with Crippen LogP contribution in [0.4, 0.5) is 10.8 Å². The molecule has 0 aliphatic rings. The van der Waals surface area contributed by atoms with E-state index >= 15 is 0 Å². The molecule has 0 unspecified atom stereocenters. The van der Waals surface area contributed by atoms with Crippen molar-refractivity contribution >= 4 is 34.0 Å². The van der Waals surface area contributed by atoms with Crippen LogP contribution in [0.25, 0.3) is 0 Å². The van der Waals surface area contributed by atoms with Crippen LogP contribution >= 0.6 is 11.3 Å². The Kier molecular flexibility index (Phi) is 3.71. The van der Waals surface area contributed by atoms with Gasteiger partial charge >= 0.3 is 5.97 Å². The molecule has 1 heterocycles. The van der Waals surface area contributed by atoms with E-state index < -0.39 is 5.97 Å². The number of hydrogen-bond acceptors (Lipinski definition) is 5. The maximum Gasteiger partial charge on any atom is 0.335 e. The van der Waals surface area contributed by atoms with Crippen molar-refractivity contribution in [2.24, 2.45) is 0 Å². The lowest BCUT2D eigenvalue weighted by atomic mass is 10.1. The molecule has 0 saturated heterocycles. The molecule has 1 amide bonds. The van der Waals surface area contributed by atoms with E-state index in [0.29, 0.717) is 27.0 Å². The molecule has 0 radical (unpaired) electrons. The van der Waals surface area contributed by atoms with Crippen LogP contribution in [0.15, 0.2) is 18.2 Å². The van der Waals surface area contributed by atoms with Crippen LogP contribution in [0.1, 0.15) is 31.3 Å². The van der Waals surface area contributed by atoms with E-state index in [4.69, 9.17) is 10.8 Å². The maximum absolute atomic E-state index is 12.1. The topological polar surface area (TPSA) is 105 Å². The number of carbonyl (C=O) groups is 2. The molecule has 0 aliphatic carbocycles. The molecule has 2 rings (SSSR count). The minimum Gasteiger partial charge on any atom is -0.478 e. The number of aromatic nitrogens is 1. The van der Waals surface area contributed by atoms with Crippen molar-refractivity contribution in [2.45, 2.75) is 13.8 Å². The summed E-state index contributed by atoms with van der Waals surface area (Å²) in [5.41, 5.74) is 7.54. The van der Waals surface area contributed by atoms with Gasteiger partial charge in [0.25, 0.3) is 5.91 Å². The van der Waals surface area contributed by atoms with E-state index in [-0.39, 0.29) is 11.5 Å². The number of thiazole rings is 1. The maximum atomic E-state index is 12.1. The first-order valence-electron chi connectivity index (χ1n) is 5.76. The molecule has 4 N–H and O–H groups in total. The molecule has 0 spiro atoms. The fourth-order valence-corrected chi connectivity index (χ4v) is 2.47. The summed E-state index contributed by atoms with van der Waals surface area (Å²) in [6.45, 7) is 3.44. The van der Waals surface area contributed by atoms with Gasteiger partial charge in [-0.05, 0) is 37.6 Å². The van der Waals surface area contributed by atoms with Gasteiger partial charge in [-0.1, -0.05) is 11.3 Å². The van der Waals surface area contributed by atoms with Gasteiger partial charge in [-0.2, -0.15) is 0 Å². The number of nitrogen functional groups attached to an aromatic ring is 1. The van der Waals surface area contributed by atoms with Gasteiger partial charge in [-0.3, -0.25) is 4.79 Å². The van der Waals surface area contributed by atoms with Gasteiger partial charge in [-0.15, -0.1) is 0 Å². The second-order valence-electron chi connectivity index (χ2n) is 4.26. The Morgan fingerprint density at radius 2 is 2.05 bits per heavy atom. The lowest BCUT2D eigenvalue weighted by Gasteiger charge is -2.08. The van der Waals surface area contributed by atoms with Gasteiger partial charge in [0, 0.05) is 5.69 Å². The highest BCUT2D eigenvalue weighted by Crippen LogP contribution is 2.23. The number of aromatic carboxylic acids is 1. The van der Waals surface area contributed by atoms with E-state index in [2.05, 4.69) is 10.3 Å². The average Bonchev–Trinajstić information content (AvgIpc) is 2.70. The third-order valence-corrected chi connectivity index (χ3v) is 3.73. The number of carboxylic acid groups (broad SMARTS) is 1. The predicted octanol–water partition coefficient (Wildman–Crippen LogP) is 2.29. The Bertz CT molecular complexity index is 694. The van der Waals surface area contributed by atoms with Gasteiger partial charge in [0.1, 0.15) is 4.88 Å². The van der Waals surface area contributed by atoms with Crippen molar-refractivity contribution < 1.29 is 14.7 Å². The fourth-order valence-electron chi connectivity index (χ4n) is 1.74. The van der Waals surface area contributed by atoms with Crippen molar-refractivity contribution in [3.8, 4) is 0 Å². The van der Waals surface area contributed by atoms with Gasteiger partial charge in [0.05, 0.1) is 11.3 Å². The molecule has 20 heavy (non-hydrogen) atoms. The van der Waals surface area contributed by atoms with Crippen LogP contribution in [-0.2, 0) is 0 Å². The number of carbonyl (C=O) groups excluding carboxylic acids is 1. The predicted molar refractivity (Wildman–Crippen MR) is 77.4 cm³/mol. The lowest BCUT2D eigenvalue weighted by Crippen LogP contribution is -2.13. The zero-order valence-electron chi connectivity index (χ0n) is 10.9. The quantitative estimate of drug-likeness (QED) is 0.804. The number of anilines is 2. The molecule has 6 nitrogen and oxygen atoms in total. The molecule has 1 aromatic carbocycles. The van der Waals surface area contributed by atoms with Crippen molar-refractivity contribution in [1.82, 2.24) is 4.98 Å². The van der Waals surface area contributed by atoms with E-state index in [0.717, 1.165) is 11.3 Å².